The number of likely N-dealkylation sites (N-methyl/N-ethyl adjacent to an activating group) is 1. The lowest BCUT2D eigenvalue weighted by molar-refractivity contribution is -0.134. The summed E-state index contributed by atoms with van der Waals surface area (Å²) in [5, 5.41) is 0. The van der Waals surface area contributed by atoms with Crippen LogP contribution in [0.5, 0.6) is 0 Å². The van der Waals surface area contributed by atoms with Crippen molar-refractivity contribution in [1.82, 2.24) is 4.90 Å². The molecule has 1 aliphatic rings. The number of rotatable bonds is 2. The Bertz CT molecular complexity index is 340. The van der Waals surface area contributed by atoms with Crippen molar-refractivity contribution < 1.29 is 9.59 Å². The van der Waals surface area contributed by atoms with E-state index in [2.05, 4.69) is 13.2 Å². The van der Waals surface area contributed by atoms with Crippen molar-refractivity contribution in [3.05, 3.63) is 48.6 Å². The van der Waals surface area contributed by atoms with Crippen LogP contribution >= 0.6 is 0 Å². The van der Waals surface area contributed by atoms with Crippen LogP contribution in [0.15, 0.2) is 48.6 Å². The van der Waals surface area contributed by atoms with E-state index in [1.807, 2.05) is 27.7 Å². The number of nitrogens with zero attached hydrogens (tertiary/aromatic N) is 1. The van der Waals surface area contributed by atoms with Crippen LogP contribution in [0.25, 0.3) is 0 Å². The fourth-order valence-corrected chi connectivity index (χ4v) is 1.24. The zero-order valence-corrected chi connectivity index (χ0v) is 12.0. The van der Waals surface area contributed by atoms with Crippen molar-refractivity contribution in [1.29, 1.82) is 0 Å². The Kier molecular flexibility index (Phi) is 10.5. The van der Waals surface area contributed by atoms with Gasteiger partial charge >= 0.3 is 0 Å². The van der Waals surface area contributed by atoms with Gasteiger partial charge in [-0.25, -0.2) is 0 Å². The molecule has 0 unspecified atom stereocenters. The van der Waals surface area contributed by atoms with Gasteiger partial charge in [0.05, 0.1) is 11.1 Å². The van der Waals surface area contributed by atoms with E-state index in [4.69, 9.17) is 0 Å². The lowest BCUT2D eigenvalue weighted by Gasteiger charge is -2.01. The van der Waals surface area contributed by atoms with Gasteiger partial charge in [-0.2, -0.15) is 0 Å². The number of likely N-dealkylation sites (tertiary alicyclic amines) is 1. The fourth-order valence-electron chi connectivity index (χ4n) is 1.24. The third-order valence-corrected chi connectivity index (χ3v) is 1.93. The van der Waals surface area contributed by atoms with Crippen molar-refractivity contribution in [2.24, 2.45) is 0 Å². The summed E-state index contributed by atoms with van der Waals surface area (Å²) in [7, 11) is 1.45. The SMILES string of the molecule is C=C/C=C1/C(=O)N(C)C(=O)/C1=C/C=C.CC.CC. The van der Waals surface area contributed by atoms with Crippen LogP contribution < -0.4 is 0 Å². The van der Waals surface area contributed by atoms with E-state index >= 15 is 0 Å². The maximum absolute atomic E-state index is 11.5. The van der Waals surface area contributed by atoms with E-state index in [9.17, 15) is 9.59 Å². The van der Waals surface area contributed by atoms with Gasteiger partial charge in [0.15, 0.2) is 0 Å². The summed E-state index contributed by atoms with van der Waals surface area (Å²) in [5.74, 6) is -0.606. The Labute approximate surface area is 110 Å². The van der Waals surface area contributed by atoms with Gasteiger partial charge in [0.1, 0.15) is 0 Å². The highest BCUT2D eigenvalue weighted by Gasteiger charge is 2.35. The third-order valence-electron chi connectivity index (χ3n) is 1.93. The number of allylic oxidation sites excluding steroid dienone is 4. The van der Waals surface area contributed by atoms with Gasteiger partial charge in [0, 0.05) is 7.05 Å². The minimum atomic E-state index is -0.303. The van der Waals surface area contributed by atoms with E-state index in [-0.39, 0.29) is 11.8 Å². The van der Waals surface area contributed by atoms with E-state index in [0.717, 1.165) is 4.90 Å². The average Bonchev–Trinajstić information content (AvgIpc) is 2.62. The van der Waals surface area contributed by atoms with Crippen molar-refractivity contribution in [3.8, 4) is 0 Å². The van der Waals surface area contributed by atoms with Gasteiger partial charge in [0.25, 0.3) is 11.8 Å². The van der Waals surface area contributed by atoms with E-state index in [1.54, 1.807) is 0 Å². The van der Waals surface area contributed by atoms with Crippen molar-refractivity contribution >= 4 is 11.8 Å². The molecule has 0 aromatic carbocycles. The molecule has 18 heavy (non-hydrogen) atoms. The third kappa shape index (κ3) is 4.17. The van der Waals surface area contributed by atoms with Crippen LogP contribution in [0.2, 0.25) is 0 Å². The molecule has 0 bridgehead atoms. The Morgan fingerprint density at radius 1 is 0.833 bits per heavy atom. The van der Waals surface area contributed by atoms with Gasteiger partial charge in [-0.1, -0.05) is 53.0 Å². The van der Waals surface area contributed by atoms with Crippen LogP contribution in [0.4, 0.5) is 0 Å². The van der Waals surface area contributed by atoms with Crippen LogP contribution in [0.3, 0.4) is 0 Å². The van der Waals surface area contributed by atoms with Gasteiger partial charge in [-0.15, -0.1) is 0 Å². The summed E-state index contributed by atoms with van der Waals surface area (Å²) in [6.45, 7) is 15.0. The predicted molar refractivity (Wildman–Crippen MR) is 77.0 cm³/mol. The number of imide groups is 1. The molecular weight excluding hydrogens is 226 g/mol. The molecule has 3 nitrogen and oxygen atoms in total. The lowest BCUT2D eigenvalue weighted by atomic mass is 10.1. The molecule has 1 fully saturated rings. The normalized spacial score (nSPS) is 17.9. The Morgan fingerprint density at radius 2 is 1.11 bits per heavy atom. The van der Waals surface area contributed by atoms with Gasteiger partial charge < -0.3 is 0 Å². The fraction of sp³-hybridized carbons (Fsp3) is 0.333. The Balaban J connectivity index is 0. The molecule has 0 aliphatic carbocycles. The Hall–Kier alpha value is -1.90. The Morgan fingerprint density at radius 3 is 1.33 bits per heavy atom. The smallest absolute Gasteiger partial charge is 0.261 e. The highest BCUT2D eigenvalue weighted by molar-refractivity contribution is 6.24. The summed E-state index contributed by atoms with van der Waals surface area (Å²) >= 11 is 0. The molecule has 0 atom stereocenters. The molecule has 0 N–H and O–H groups in total. The molecule has 1 saturated heterocycles. The molecule has 1 aliphatic heterocycles. The lowest BCUT2D eigenvalue weighted by Crippen LogP contribution is -2.24. The zero-order chi connectivity index (χ0) is 14.7. The highest BCUT2D eigenvalue weighted by atomic mass is 16.2. The second-order valence-corrected chi connectivity index (χ2v) is 2.80. The summed E-state index contributed by atoms with van der Waals surface area (Å²) in [6, 6.07) is 0. The minimum absolute atomic E-state index is 0.303. The molecule has 0 aromatic rings. The molecular formula is C15H23NO2. The quantitative estimate of drug-likeness (QED) is 0.556. The minimum Gasteiger partial charge on any atom is -0.277 e. The van der Waals surface area contributed by atoms with Crippen LogP contribution in [-0.4, -0.2) is 23.8 Å². The topological polar surface area (TPSA) is 37.4 Å². The number of amides is 2. The molecule has 100 valence electrons. The maximum atomic E-state index is 11.5. The second-order valence-electron chi connectivity index (χ2n) is 2.80. The number of carbonyl (C=O) groups excluding carboxylic acids is 2. The number of hydrogen-bond donors (Lipinski definition) is 0. The molecule has 3 heteroatoms. The molecule has 1 rings (SSSR count). The molecule has 0 radical (unpaired) electrons. The summed E-state index contributed by atoms with van der Waals surface area (Å²) < 4.78 is 0. The largest absolute Gasteiger partial charge is 0.277 e. The van der Waals surface area contributed by atoms with Crippen LogP contribution in [0, 0.1) is 0 Å². The first-order valence-electron chi connectivity index (χ1n) is 6.11. The van der Waals surface area contributed by atoms with E-state index < -0.39 is 0 Å². The molecule has 0 spiro atoms. The molecule has 0 aromatic heterocycles. The van der Waals surface area contributed by atoms with Gasteiger partial charge in [-0.05, 0) is 12.2 Å². The van der Waals surface area contributed by atoms with Crippen LogP contribution in [0.1, 0.15) is 27.7 Å². The molecule has 1 heterocycles. The standard InChI is InChI=1S/C11H11NO2.2C2H6/c1-4-6-8-9(7-5-2)11(14)12(3)10(8)13;2*1-2/h4-7H,1-2H2,3H3;2*1-2H3/b8-6+,9-7+;;. The maximum Gasteiger partial charge on any atom is 0.261 e. The van der Waals surface area contributed by atoms with E-state index in [0.29, 0.717) is 11.1 Å². The van der Waals surface area contributed by atoms with Gasteiger partial charge in [0.2, 0.25) is 0 Å². The summed E-state index contributed by atoms with van der Waals surface area (Å²) in [4.78, 5) is 24.1. The number of carbonyl (C=O) groups is 2. The van der Waals surface area contributed by atoms with Gasteiger partial charge in [-0.3, -0.25) is 14.5 Å². The van der Waals surface area contributed by atoms with E-state index in [1.165, 1.54) is 31.4 Å². The average molecular weight is 249 g/mol. The summed E-state index contributed by atoms with van der Waals surface area (Å²) in [5.41, 5.74) is 0.736. The van der Waals surface area contributed by atoms with Crippen molar-refractivity contribution in [3.63, 3.8) is 0 Å². The second kappa shape index (κ2) is 10.3. The van der Waals surface area contributed by atoms with Crippen LogP contribution in [-0.2, 0) is 9.59 Å². The zero-order valence-electron chi connectivity index (χ0n) is 12.0. The monoisotopic (exact) mass is 249 g/mol. The molecule has 0 saturated carbocycles. The molecule has 2 amide bonds. The first kappa shape index (κ1) is 18.5. The van der Waals surface area contributed by atoms with Crippen molar-refractivity contribution in [2.75, 3.05) is 7.05 Å². The predicted octanol–water partition coefficient (Wildman–Crippen LogP) is 3.26. The van der Waals surface area contributed by atoms with Crippen molar-refractivity contribution in [2.45, 2.75) is 27.7 Å². The highest BCUT2D eigenvalue weighted by Crippen LogP contribution is 2.23. The number of hydrogen-bond acceptors (Lipinski definition) is 2. The summed E-state index contributed by atoms with van der Waals surface area (Å²) in [6.07, 6.45) is 6.02. The first-order valence-corrected chi connectivity index (χ1v) is 6.11. The first-order chi connectivity index (χ1) is 8.63.